The van der Waals surface area contributed by atoms with Gasteiger partial charge in [0.05, 0.1) is 10.2 Å². The molecule has 0 spiro atoms. The van der Waals surface area contributed by atoms with Crippen LogP contribution in [0.3, 0.4) is 0 Å². The number of carbonyl (C=O) groups excluding carboxylic acids is 1. The highest BCUT2D eigenvalue weighted by Crippen LogP contribution is 2.33. The zero-order valence-electron chi connectivity index (χ0n) is 17.1. The van der Waals surface area contributed by atoms with E-state index in [9.17, 15) is 4.79 Å². The van der Waals surface area contributed by atoms with Gasteiger partial charge in [-0.1, -0.05) is 49.4 Å². The van der Waals surface area contributed by atoms with Gasteiger partial charge < -0.3 is 14.4 Å². The Morgan fingerprint density at radius 2 is 1.77 bits per heavy atom. The van der Waals surface area contributed by atoms with Gasteiger partial charge >= 0.3 is 0 Å². The van der Waals surface area contributed by atoms with E-state index in [1.807, 2.05) is 48.5 Å². The number of nitrogens with zero attached hydrogens (tertiary/aromatic N) is 3. The first-order chi connectivity index (χ1) is 14.2. The molecule has 160 valence electrons. The molecule has 1 aliphatic rings. The van der Waals surface area contributed by atoms with Gasteiger partial charge in [0.1, 0.15) is 6.61 Å². The van der Waals surface area contributed by atoms with E-state index in [1.165, 1.54) is 11.3 Å². The molecule has 0 saturated carbocycles. The van der Waals surface area contributed by atoms with E-state index < -0.39 is 6.10 Å². The fraction of sp³-hybridized carbons (Fsp3) is 0.364. The Labute approximate surface area is 186 Å². The molecule has 2 heterocycles. The second-order valence-electron chi connectivity index (χ2n) is 6.85. The molecule has 1 atom stereocenters. The van der Waals surface area contributed by atoms with Crippen molar-refractivity contribution in [1.29, 1.82) is 0 Å². The van der Waals surface area contributed by atoms with Gasteiger partial charge in [-0.3, -0.25) is 9.69 Å². The van der Waals surface area contributed by atoms with Crippen LogP contribution < -0.4 is 14.4 Å². The summed E-state index contributed by atoms with van der Waals surface area (Å²) in [6.07, 6.45) is -0.686. The maximum atomic E-state index is 13.4. The molecule has 1 aromatic heterocycles. The molecule has 0 radical (unpaired) electrons. The van der Waals surface area contributed by atoms with E-state index in [0.717, 1.165) is 29.9 Å². The second kappa shape index (κ2) is 10.1. The molecule has 0 aliphatic carbocycles. The third kappa shape index (κ3) is 4.69. The number of hydrogen-bond acceptors (Lipinski definition) is 6. The van der Waals surface area contributed by atoms with Crippen LogP contribution in [-0.2, 0) is 4.79 Å². The molecule has 3 aromatic rings. The number of halogens is 1. The molecule has 1 aliphatic heterocycles. The molecule has 0 saturated heterocycles. The number of rotatable bonds is 7. The number of amides is 1. The number of likely N-dealkylation sites (N-methyl/N-ethyl adjacent to an activating group) is 1. The highest BCUT2D eigenvalue weighted by atomic mass is 35.5. The monoisotopic (exact) mass is 447 g/mol. The first-order valence-corrected chi connectivity index (χ1v) is 10.8. The first kappa shape index (κ1) is 22.3. The predicted molar refractivity (Wildman–Crippen MR) is 123 cm³/mol. The van der Waals surface area contributed by atoms with Crippen molar-refractivity contribution in [3.63, 3.8) is 0 Å². The lowest BCUT2D eigenvalue weighted by Crippen LogP contribution is -2.48. The molecule has 0 N–H and O–H groups in total. The van der Waals surface area contributed by atoms with Crippen molar-refractivity contribution in [2.24, 2.45) is 0 Å². The molecule has 8 heteroatoms. The first-order valence-electron chi connectivity index (χ1n) is 9.97. The maximum Gasteiger partial charge on any atom is 0.273 e. The summed E-state index contributed by atoms with van der Waals surface area (Å²) in [5, 5.41) is 0.700. The van der Waals surface area contributed by atoms with Gasteiger partial charge in [-0.2, -0.15) is 0 Å². The van der Waals surface area contributed by atoms with Crippen LogP contribution in [0.15, 0.2) is 48.5 Å². The Kier molecular flexibility index (Phi) is 7.53. The van der Waals surface area contributed by atoms with Crippen molar-refractivity contribution < 1.29 is 14.3 Å². The van der Waals surface area contributed by atoms with Crippen LogP contribution in [0.25, 0.3) is 10.2 Å². The summed E-state index contributed by atoms with van der Waals surface area (Å²) < 4.78 is 12.8. The smallest absolute Gasteiger partial charge is 0.273 e. The lowest BCUT2D eigenvalue weighted by Gasteiger charge is -2.30. The number of anilines is 1. The number of para-hydroxylation sites is 3. The normalized spacial score (nSPS) is 15.1. The number of carbonyl (C=O) groups is 1. The van der Waals surface area contributed by atoms with Crippen molar-refractivity contribution >= 4 is 45.0 Å². The van der Waals surface area contributed by atoms with Crippen molar-refractivity contribution in [3.05, 3.63) is 48.5 Å². The minimum absolute atomic E-state index is 0. The van der Waals surface area contributed by atoms with Gasteiger partial charge in [-0.25, -0.2) is 4.98 Å². The Balaban J connectivity index is 0.00000256. The summed E-state index contributed by atoms with van der Waals surface area (Å²) in [6, 6.07) is 15.4. The van der Waals surface area contributed by atoms with Crippen molar-refractivity contribution in [2.45, 2.75) is 20.0 Å². The van der Waals surface area contributed by atoms with E-state index in [1.54, 1.807) is 4.90 Å². The fourth-order valence-corrected chi connectivity index (χ4v) is 4.37. The van der Waals surface area contributed by atoms with Crippen LogP contribution in [-0.4, -0.2) is 54.7 Å². The Bertz CT molecular complexity index is 959. The van der Waals surface area contributed by atoms with Crippen LogP contribution in [0.1, 0.15) is 13.8 Å². The maximum absolute atomic E-state index is 13.4. The number of ether oxygens (including phenoxy) is 2. The Hall–Kier alpha value is -2.35. The van der Waals surface area contributed by atoms with Gasteiger partial charge in [-0.05, 0) is 37.4 Å². The second-order valence-corrected chi connectivity index (χ2v) is 7.85. The summed E-state index contributed by atoms with van der Waals surface area (Å²) in [7, 11) is 0. The molecular formula is C22H26ClN3O3S. The number of hydrogen-bond donors (Lipinski definition) is 0. The van der Waals surface area contributed by atoms with Crippen molar-refractivity contribution in [3.8, 4) is 11.5 Å². The Morgan fingerprint density at radius 3 is 2.50 bits per heavy atom. The van der Waals surface area contributed by atoms with Gasteiger partial charge in [0.15, 0.2) is 16.6 Å². The SMILES string of the molecule is CCN(CC)CCN(C(=O)C1COc2ccccc2O1)c1nc2ccccc2s1.Cl. The summed E-state index contributed by atoms with van der Waals surface area (Å²) in [4.78, 5) is 22.2. The van der Waals surface area contributed by atoms with Gasteiger partial charge in [0, 0.05) is 13.1 Å². The van der Waals surface area contributed by atoms with E-state index in [2.05, 4.69) is 18.7 Å². The average molecular weight is 448 g/mol. The number of fused-ring (bicyclic) bond motifs is 2. The zero-order chi connectivity index (χ0) is 20.2. The van der Waals surface area contributed by atoms with Crippen LogP contribution in [0, 0.1) is 0 Å². The summed E-state index contributed by atoms with van der Waals surface area (Å²) in [6.45, 7) is 7.66. The largest absolute Gasteiger partial charge is 0.485 e. The lowest BCUT2D eigenvalue weighted by atomic mass is 10.2. The highest BCUT2D eigenvalue weighted by molar-refractivity contribution is 7.22. The molecule has 1 amide bonds. The average Bonchev–Trinajstić information content (AvgIpc) is 3.20. The minimum atomic E-state index is -0.686. The molecule has 4 rings (SSSR count). The van der Waals surface area contributed by atoms with E-state index in [-0.39, 0.29) is 24.9 Å². The minimum Gasteiger partial charge on any atom is -0.485 e. The molecular weight excluding hydrogens is 422 g/mol. The number of thiazole rings is 1. The molecule has 0 fully saturated rings. The lowest BCUT2D eigenvalue weighted by molar-refractivity contribution is -0.127. The standard InChI is InChI=1S/C22H25N3O3S.ClH/c1-3-24(4-2)13-14-25(22-23-16-9-5-8-12-20(16)29-22)21(26)19-15-27-17-10-6-7-11-18(17)28-19;/h5-12,19H,3-4,13-15H2,1-2H3;1H. The quantitative estimate of drug-likeness (QED) is 0.542. The van der Waals surface area contributed by atoms with Crippen molar-refractivity contribution in [1.82, 2.24) is 9.88 Å². The highest BCUT2D eigenvalue weighted by Gasteiger charge is 2.33. The molecule has 30 heavy (non-hydrogen) atoms. The van der Waals surface area contributed by atoms with E-state index >= 15 is 0 Å². The third-order valence-electron chi connectivity index (χ3n) is 5.10. The van der Waals surface area contributed by atoms with Crippen molar-refractivity contribution in [2.75, 3.05) is 37.7 Å². The van der Waals surface area contributed by atoms with Crippen LogP contribution >= 0.6 is 23.7 Å². The third-order valence-corrected chi connectivity index (χ3v) is 6.16. The molecule has 6 nitrogen and oxygen atoms in total. The number of benzene rings is 2. The molecule has 2 aromatic carbocycles. The predicted octanol–water partition coefficient (Wildman–Crippen LogP) is 4.23. The fourth-order valence-electron chi connectivity index (χ4n) is 3.37. The van der Waals surface area contributed by atoms with E-state index in [0.29, 0.717) is 23.2 Å². The summed E-state index contributed by atoms with van der Waals surface area (Å²) in [5.41, 5.74) is 0.902. The van der Waals surface area contributed by atoms with Gasteiger partial charge in [0.2, 0.25) is 6.10 Å². The molecule has 0 bridgehead atoms. The van der Waals surface area contributed by atoms with Gasteiger partial charge in [0.25, 0.3) is 5.91 Å². The topological polar surface area (TPSA) is 54.9 Å². The van der Waals surface area contributed by atoms with Crippen LogP contribution in [0.2, 0.25) is 0 Å². The van der Waals surface area contributed by atoms with Crippen LogP contribution in [0.4, 0.5) is 5.13 Å². The van der Waals surface area contributed by atoms with Crippen LogP contribution in [0.5, 0.6) is 11.5 Å². The molecule has 1 unspecified atom stereocenters. The summed E-state index contributed by atoms with van der Waals surface area (Å²) in [5.74, 6) is 1.15. The zero-order valence-corrected chi connectivity index (χ0v) is 18.7. The summed E-state index contributed by atoms with van der Waals surface area (Å²) >= 11 is 1.53. The number of aromatic nitrogens is 1. The van der Waals surface area contributed by atoms with Gasteiger partial charge in [-0.15, -0.1) is 12.4 Å². The van der Waals surface area contributed by atoms with E-state index in [4.69, 9.17) is 14.5 Å². The Morgan fingerprint density at radius 1 is 1.07 bits per heavy atom.